The van der Waals surface area contributed by atoms with Gasteiger partial charge in [-0.3, -0.25) is 9.59 Å². The lowest BCUT2D eigenvalue weighted by Gasteiger charge is -2.26. The van der Waals surface area contributed by atoms with Crippen molar-refractivity contribution in [1.82, 2.24) is 5.32 Å². The number of carbonyl (C=O) groups is 2. The summed E-state index contributed by atoms with van der Waals surface area (Å²) < 4.78 is 5.05. The Morgan fingerprint density at radius 2 is 2.00 bits per heavy atom. The molecule has 1 aromatic carbocycles. The molecule has 2 rings (SSSR count). The molecule has 0 bridgehead atoms. The molecule has 5 heteroatoms. The summed E-state index contributed by atoms with van der Waals surface area (Å²) in [6, 6.07) is 9.28. The molecule has 0 fully saturated rings. The third kappa shape index (κ3) is 4.00. The van der Waals surface area contributed by atoms with Gasteiger partial charge in [0.05, 0.1) is 6.26 Å². The largest absolute Gasteiger partial charge is 0.459 e. The van der Waals surface area contributed by atoms with Crippen molar-refractivity contribution in [2.45, 2.75) is 27.2 Å². The van der Waals surface area contributed by atoms with Gasteiger partial charge in [-0.1, -0.05) is 25.1 Å². The number of hydrogen-bond acceptors (Lipinski definition) is 3. The van der Waals surface area contributed by atoms with E-state index < -0.39 is 0 Å². The summed E-state index contributed by atoms with van der Waals surface area (Å²) in [5.74, 6) is -0.0511. The first-order chi connectivity index (χ1) is 11.0. The first kappa shape index (κ1) is 16.8. The van der Waals surface area contributed by atoms with Crippen molar-refractivity contribution >= 4 is 17.5 Å². The van der Waals surface area contributed by atoms with Gasteiger partial charge in [0.1, 0.15) is 0 Å². The Labute approximate surface area is 136 Å². The van der Waals surface area contributed by atoms with E-state index >= 15 is 0 Å². The van der Waals surface area contributed by atoms with Gasteiger partial charge < -0.3 is 14.6 Å². The van der Waals surface area contributed by atoms with Crippen LogP contribution in [0.5, 0.6) is 0 Å². The number of aryl methyl sites for hydroxylation is 2. The summed E-state index contributed by atoms with van der Waals surface area (Å²) in [4.78, 5) is 25.7. The molecule has 0 spiro atoms. The lowest BCUT2D eigenvalue weighted by Crippen LogP contribution is -2.38. The highest BCUT2D eigenvalue weighted by molar-refractivity contribution is 5.94. The van der Waals surface area contributed by atoms with Crippen LogP contribution in [0.15, 0.2) is 41.0 Å². The number of nitrogens with zero attached hydrogens (tertiary/aromatic N) is 1. The number of amides is 2. The fraction of sp³-hybridized carbons (Fsp3) is 0.333. The minimum absolute atomic E-state index is 0.0405. The topological polar surface area (TPSA) is 62.6 Å². The van der Waals surface area contributed by atoms with Crippen molar-refractivity contribution in [3.63, 3.8) is 0 Å². The zero-order valence-corrected chi connectivity index (χ0v) is 13.8. The van der Waals surface area contributed by atoms with Crippen LogP contribution in [-0.4, -0.2) is 24.9 Å². The summed E-state index contributed by atoms with van der Waals surface area (Å²) in [5, 5.41) is 2.77. The predicted molar refractivity (Wildman–Crippen MR) is 89.6 cm³/mol. The highest BCUT2D eigenvalue weighted by Gasteiger charge is 2.17. The monoisotopic (exact) mass is 314 g/mol. The molecular weight excluding hydrogens is 292 g/mol. The van der Waals surface area contributed by atoms with Crippen LogP contribution in [0.25, 0.3) is 0 Å². The summed E-state index contributed by atoms with van der Waals surface area (Å²) in [5.41, 5.74) is 3.12. The van der Waals surface area contributed by atoms with Crippen LogP contribution in [0.3, 0.4) is 0 Å². The molecule has 0 unspecified atom stereocenters. The van der Waals surface area contributed by atoms with Crippen LogP contribution in [0.2, 0.25) is 0 Å². The van der Waals surface area contributed by atoms with Gasteiger partial charge >= 0.3 is 0 Å². The third-order valence-corrected chi connectivity index (χ3v) is 3.72. The maximum atomic E-state index is 12.1. The van der Waals surface area contributed by atoms with Gasteiger partial charge in [-0.15, -0.1) is 0 Å². The van der Waals surface area contributed by atoms with Gasteiger partial charge in [-0.25, -0.2) is 0 Å². The molecule has 0 aliphatic carbocycles. The average Bonchev–Trinajstić information content (AvgIpc) is 3.06. The minimum Gasteiger partial charge on any atom is -0.459 e. The van der Waals surface area contributed by atoms with Crippen LogP contribution in [0, 0.1) is 6.92 Å². The van der Waals surface area contributed by atoms with E-state index in [4.69, 9.17) is 4.42 Å². The standard InChI is InChI=1S/C18H22N2O3/c1-4-15-8-5-7-13(2)17(15)20(14(3)21)11-10-19-18(22)16-9-6-12-23-16/h5-9,12H,4,10-11H2,1-3H3,(H,19,22). The molecule has 5 nitrogen and oxygen atoms in total. The highest BCUT2D eigenvalue weighted by atomic mass is 16.3. The Balaban J connectivity index is 2.08. The second-order valence-electron chi connectivity index (χ2n) is 5.34. The number of para-hydroxylation sites is 1. The fourth-order valence-electron chi connectivity index (χ4n) is 2.59. The van der Waals surface area contributed by atoms with E-state index in [0.29, 0.717) is 13.1 Å². The van der Waals surface area contributed by atoms with E-state index in [9.17, 15) is 9.59 Å². The lowest BCUT2D eigenvalue weighted by atomic mass is 10.0. The van der Waals surface area contributed by atoms with Crippen molar-refractivity contribution in [3.05, 3.63) is 53.5 Å². The molecular formula is C18H22N2O3. The third-order valence-electron chi connectivity index (χ3n) is 3.72. The van der Waals surface area contributed by atoms with Gasteiger partial charge in [0.2, 0.25) is 5.91 Å². The van der Waals surface area contributed by atoms with Crippen molar-refractivity contribution in [2.75, 3.05) is 18.0 Å². The van der Waals surface area contributed by atoms with Gasteiger partial charge in [0.25, 0.3) is 5.91 Å². The average molecular weight is 314 g/mol. The van der Waals surface area contributed by atoms with E-state index in [1.165, 1.54) is 6.26 Å². The molecule has 1 aromatic heterocycles. The van der Waals surface area contributed by atoms with E-state index in [0.717, 1.165) is 23.2 Å². The van der Waals surface area contributed by atoms with Gasteiger partial charge in [0, 0.05) is 25.7 Å². The molecule has 1 heterocycles. The summed E-state index contributed by atoms with van der Waals surface area (Å²) in [6.07, 6.45) is 2.30. The van der Waals surface area contributed by atoms with Gasteiger partial charge in [-0.2, -0.15) is 0 Å². The Kier molecular flexibility index (Phi) is 5.57. The van der Waals surface area contributed by atoms with E-state index in [2.05, 4.69) is 12.2 Å². The number of benzene rings is 1. The van der Waals surface area contributed by atoms with Crippen LogP contribution < -0.4 is 10.2 Å². The number of hydrogen-bond donors (Lipinski definition) is 1. The van der Waals surface area contributed by atoms with Crippen molar-refractivity contribution in [1.29, 1.82) is 0 Å². The second-order valence-corrected chi connectivity index (χ2v) is 5.34. The Morgan fingerprint density at radius 3 is 2.61 bits per heavy atom. The molecule has 0 saturated carbocycles. The van der Waals surface area contributed by atoms with Gasteiger partial charge in [0.15, 0.2) is 5.76 Å². The maximum Gasteiger partial charge on any atom is 0.287 e. The SMILES string of the molecule is CCc1cccc(C)c1N(CCNC(=O)c1ccco1)C(C)=O. The van der Waals surface area contributed by atoms with Crippen LogP contribution in [-0.2, 0) is 11.2 Å². The molecule has 122 valence electrons. The molecule has 2 aromatic rings. The minimum atomic E-state index is -0.279. The quantitative estimate of drug-likeness (QED) is 0.891. The van der Waals surface area contributed by atoms with Gasteiger partial charge in [-0.05, 0) is 36.6 Å². The first-order valence-electron chi connectivity index (χ1n) is 7.73. The second kappa shape index (κ2) is 7.63. The van der Waals surface area contributed by atoms with E-state index in [1.807, 2.05) is 25.1 Å². The highest BCUT2D eigenvalue weighted by Crippen LogP contribution is 2.25. The van der Waals surface area contributed by atoms with Crippen molar-refractivity contribution in [2.24, 2.45) is 0 Å². The molecule has 0 radical (unpaired) electrons. The Morgan fingerprint density at radius 1 is 1.22 bits per heavy atom. The molecule has 23 heavy (non-hydrogen) atoms. The molecule has 2 amide bonds. The zero-order valence-electron chi connectivity index (χ0n) is 13.8. The number of rotatable bonds is 6. The Hall–Kier alpha value is -2.56. The van der Waals surface area contributed by atoms with E-state index in [1.54, 1.807) is 24.0 Å². The fourth-order valence-corrected chi connectivity index (χ4v) is 2.59. The maximum absolute atomic E-state index is 12.1. The normalized spacial score (nSPS) is 10.4. The molecule has 1 N–H and O–H groups in total. The smallest absolute Gasteiger partial charge is 0.287 e. The number of furan rings is 1. The van der Waals surface area contributed by atoms with Crippen molar-refractivity contribution < 1.29 is 14.0 Å². The zero-order chi connectivity index (χ0) is 16.8. The van der Waals surface area contributed by atoms with Crippen molar-refractivity contribution in [3.8, 4) is 0 Å². The van der Waals surface area contributed by atoms with Crippen LogP contribution in [0.1, 0.15) is 35.5 Å². The molecule has 0 aliphatic heterocycles. The molecule has 0 atom stereocenters. The van der Waals surface area contributed by atoms with Crippen LogP contribution in [0.4, 0.5) is 5.69 Å². The first-order valence-corrected chi connectivity index (χ1v) is 7.73. The number of anilines is 1. The van der Waals surface area contributed by atoms with E-state index in [-0.39, 0.29) is 17.6 Å². The number of nitrogens with one attached hydrogen (secondary N) is 1. The number of carbonyl (C=O) groups excluding carboxylic acids is 2. The van der Waals surface area contributed by atoms with Crippen LogP contribution >= 0.6 is 0 Å². The summed E-state index contributed by atoms with van der Waals surface area (Å²) >= 11 is 0. The molecule has 0 saturated heterocycles. The summed E-state index contributed by atoms with van der Waals surface area (Å²) in [7, 11) is 0. The molecule has 0 aliphatic rings. The predicted octanol–water partition coefficient (Wildman–Crippen LogP) is 2.93. The summed E-state index contributed by atoms with van der Waals surface area (Å²) in [6.45, 7) is 6.37. The Bertz CT molecular complexity index is 678. The lowest BCUT2D eigenvalue weighted by molar-refractivity contribution is -0.116.